The molecule has 0 aliphatic carbocycles. The molecule has 0 bridgehead atoms. The number of anilines is 1. The van der Waals surface area contributed by atoms with Crippen molar-refractivity contribution in [3.05, 3.63) is 105 Å². The van der Waals surface area contributed by atoms with Gasteiger partial charge in [-0.05, 0) is 68.2 Å². The summed E-state index contributed by atoms with van der Waals surface area (Å²) in [5.41, 5.74) is 4.34. The van der Waals surface area contributed by atoms with Gasteiger partial charge in [-0.2, -0.15) is 5.10 Å². The summed E-state index contributed by atoms with van der Waals surface area (Å²) in [6.45, 7) is 0.446. The van der Waals surface area contributed by atoms with Crippen LogP contribution in [0.15, 0.2) is 88.6 Å². The molecule has 1 heterocycles. The Labute approximate surface area is 186 Å². The maximum absolute atomic E-state index is 11.0. The number of ether oxygens (including phenoxy) is 1. The van der Waals surface area contributed by atoms with Crippen molar-refractivity contribution in [2.45, 2.75) is 6.61 Å². The molecule has 0 aliphatic rings. The summed E-state index contributed by atoms with van der Waals surface area (Å²) < 4.78 is 6.73. The number of aromatic nitrogens is 1. The first kappa shape index (κ1) is 20.5. The highest BCUT2D eigenvalue weighted by atomic mass is 79.9. The van der Waals surface area contributed by atoms with E-state index >= 15 is 0 Å². The van der Waals surface area contributed by atoms with Crippen molar-refractivity contribution in [2.24, 2.45) is 5.10 Å². The van der Waals surface area contributed by atoms with Crippen molar-refractivity contribution < 1.29 is 9.66 Å². The third-order valence-corrected chi connectivity index (χ3v) is 5.15. The van der Waals surface area contributed by atoms with E-state index < -0.39 is 4.92 Å². The van der Waals surface area contributed by atoms with Crippen LogP contribution in [0.5, 0.6) is 5.75 Å². The highest BCUT2D eigenvalue weighted by molar-refractivity contribution is 9.10. The third kappa shape index (κ3) is 5.04. The summed E-state index contributed by atoms with van der Waals surface area (Å²) >= 11 is 3.52. The molecular weight excluding hydrogens is 460 g/mol. The fourth-order valence-electron chi connectivity index (χ4n) is 3.00. The minimum Gasteiger partial charge on any atom is -0.488 e. The number of hydrazone groups is 1. The molecule has 0 aliphatic heterocycles. The lowest BCUT2D eigenvalue weighted by atomic mass is 10.1. The van der Waals surface area contributed by atoms with Gasteiger partial charge >= 0.3 is 5.69 Å². The van der Waals surface area contributed by atoms with Gasteiger partial charge in [0.15, 0.2) is 0 Å². The molecule has 0 saturated heterocycles. The maximum Gasteiger partial charge on any atom is 0.313 e. The van der Waals surface area contributed by atoms with E-state index in [4.69, 9.17) is 4.74 Å². The van der Waals surface area contributed by atoms with Gasteiger partial charge in [0.2, 0.25) is 5.82 Å². The second-order valence-electron chi connectivity index (χ2n) is 6.66. The molecule has 1 N–H and O–H groups in total. The van der Waals surface area contributed by atoms with Gasteiger partial charge in [-0.1, -0.05) is 36.4 Å². The lowest BCUT2D eigenvalue weighted by Crippen LogP contribution is -1.99. The smallest absolute Gasteiger partial charge is 0.313 e. The lowest BCUT2D eigenvalue weighted by Gasteiger charge is -2.10. The molecule has 0 radical (unpaired) electrons. The van der Waals surface area contributed by atoms with Crippen LogP contribution >= 0.6 is 15.9 Å². The number of nitrogens with one attached hydrogen (secondary N) is 1. The predicted molar refractivity (Wildman–Crippen MR) is 125 cm³/mol. The highest BCUT2D eigenvalue weighted by Crippen LogP contribution is 2.27. The normalized spacial score (nSPS) is 11.0. The Bertz CT molecular complexity index is 1280. The minimum atomic E-state index is -0.511. The van der Waals surface area contributed by atoms with E-state index in [1.54, 1.807) is 6.21 Å². The Balaban J connectivity index is 1.40. The number of hydrogen-bond acceptors (Lipinski definition) is 6. The first-order valence-electron chi connectivity index (χ1n) is 9.39. The largest absolute Gasteiger partial charge is 0.488 e. The first-order chi connectivity index (χ1) is 15.1. The number of rotatable bonds is 7. The number of halogens is 1. The molecule has 1 aromatic heterocycles. The summed E-state index contributed by atoms with van der Waals surface area (Å²) in [5.74, 6) is 0.789. The van der Waals surface area contributed by atoms with Gasteiger partial charge in [0.1, 0.15) is 12.4 Å². The van der Waals surface area contributed by atoms with E-state index in [0.29, 0.717) is 12.4 Å². The number of benzene rings is 3. The van der Waals surface area contributed by atoms with Crippen LogP contribution in [0, 0.1) is 10.1 Å². The predicted octanol–water partition coefficient (Wildman–Crippen LogP) is 5.93. The number of nitrogens with zero attached hydrogens (tertiary/aromatic N) is 3. The molecule has 4 aromatic rings. The second-order valence-corrected chi connectivity index (χ2v) is 7.51. The standard InChI is InChI=1S/C23H17BrN4O3/c24-20-13-16(14-26-27-23-21(28(29)30)6-3-11-25-23)8-10-22(20)31-15-17-7-9-18-4-1-2-5-19(18)12-17/h1-14H,15H2,(H,25,27)/b26-14-. The Morgan fingerprint density at radius 2 is 1.90 bits per heavy atom. The quantitative estimate of drug-likeness (QED) is 0.202. The molecule has 8 heteroatoms. The average molecular weight is 477 g/mol. The monoisotopic (exact) mass is 476 g/mol. The molecule has 4 rings (SSSR count). The molecule has 0 fully saturated rings. The van der Waals surface area contributed by atoms with E-state index in [1.165, 1.54) is 29.1 Å². The third-order valence-electron chi connectivity index (χ3n) is 4.53. The Morgan fingerprint density at radius 1 is 1.06 bits per heavy atom. The van der Waals surface area contributed by atoms with Gasteiger partial charge in [-0.15, -0.1) is 0 Å². The van der Waals surface area contributed by atoms with Crippen molar-refractivity contribution in [3.63, 3.8) is 0 Å². The molecule has 0 saturated carbocycles. The van der Waals surface area contributed by atoms with Crippen LogP contribution in [-0.2, 0) is 6.61 Å². The second kappa shape index (κ2) is 9.36. The van der Waals surface area contributed by atoms with Crippen LogP contribution in [0.3, 0.4) is 0 Å². The lowest BCUT2D eigenvalue weighted by molar-refractivity contribution is -0.384. The van der Waals surface area contributed by atoms with E-state index in [0.717, 1.165) is 15.6 Å². The molecule has 0 unspecified atom stereocenters. The van der Waals surface area contributed by atoms with Crippen LogP contribution < -0.4 is 10.2 Å². The molecular formula is C23H17BrN4O3. The molecule has 0 spiro atoms. The summed E-state index contributed by atoms with van der Waals surface area (Å²) in [6.07, 6.45) is 3.01. The Kier molecular flexibility index (Phi) is 6.18. The topological polar surface area (TPSA) is 89.7 Å². The molecule has 3 aromatic carbocycles. The summed E-state index contributed by atoms with van der Waals surface area (Å²) in [4.78, 5) is 14.4. The summed E-state index contributed by atoms with van der Waals surface area (Å²) in [5, 5.41) is 17.4. The number of nitro groups is 1. The minimum absolute atomic E-state index is 0.0816. The van der Waals surface area contributed by atoms with E-state index in [1.807, 2.05) is 30.3 Å². The van der Waals surface area contributed by atoms with Gasteiger partial charge in [0.05, 0.1) is 15.6 Å². The zero-order valence-corrected chi connectivity index (χ0v) is 17.8. The average Bonchev–Trinajstić information content (AvgIpc) is 2.78. The van der Waals surface area contributed by atoms with Crippen molar-refractivity contribution in [2.75, 3.05) is 5.43 Å². The van der Waals surface area contributed by atoms with Crippen LogP contribution in [-0.4, -0.2) is 16.1 Å². The van der Waals surface area contributed by atoms with Gasteiger partial charge < -0.3 is 4.74 Å². The van der Waals surface area contributed by atoms with E-state index in [-0.39, 0.29) is 11.5 Å². The highest BCUT2D eigenvalue weighted by Gasteiger charge is 2.12. The summed E-state index contributed by atoms with van der Waals surface area (Å²) in [7, 11) is 0. The van der Waals surface area contributed by atoms with E-state index in [2.05, 4.69) is 61.8 Å². The molecule has 154 valence electrons. The molecule has 0 amide bonds. The fraction of sp³-hybridized carbons (Fsp3) is 0.0435. The fourth-order valence-corrected chi connectivity index (χ4v) is 3.51. The van der Waals surface area contributed by atoms with Crippen LogP contribution in [0.2, 0.25) is 0 Å². The van der Waals surface area contributed by atoms with Gasteiger partial charge in [-0.25, -0.2) is 4.98 Å². The SMILES string of the molecule is O=[N+]([O-])c1cccnc1N/N=C\c1ccc(OCc2ccc3ccccc3c2)c(Br)c1. The summed E-state index contributed by atoms with van der Waals surface area (Å²) in [6, 6.07) is 22.9. The van der Waals surface area contributed by atoms with E-state index in [9.17, 15) is 10.1 Å². The molecule has 0 atom stereocenters. The first-order valence-corrected chi connectivity index (χ1v) is 10.2. The number of hydrogen-bond donors (Lipinski definition) is 1. The van der Waals surface area contributed by atoms with Gasteiger partial charge in [0, 0.05) is 12.3 Å². The van der Waals surface area contributed by atoms with Crippen molar-refractivity contribution in [3.8, 4) is 5.75 Å². The zero-order chi connectivity index (χ0) is 21.6. The van der Waals surface area contributed by atoms with Crippen molar-refractivity contribution >= 4 is 44.4 Å². The number of fused-ring (bicyclic) bond motifs is 1. The van der Waals surface area contributed by atoms with Gasteiger partial charge in [0.25, 0.3) is 0 Å². The molecule has 31 heavy (non-hydrogen) atoms. The zero-order valence-electron chi connectivity index (χ0n) is 16.2. The Hall–Kier alpha value is -3.78. The van der Waals surface area contributed by atoms with Crippen molar-refractivity contribution in [1.82, 2.24) is 4.98 Å². The van der Waals surface area contributed by atoms with Crippen LogP contribution in [0.1, 0.15) is 11.1 Å². The Morgan fingerprint density at radius 3 is 2.71 bits per heavy atom. The van der Waals surface area contributed by atoms with Crippen LogP contribution in [0.4, 0.5) is 11.5 Å². The maximum atomic E-state index is 11.0. The van der Waals surface area contributed by atoms with Gasteiger partial charge in [-0.3, -0.25) is 15.5 Å². The van der Waals surface area contributed by atoms with Crippen LogP contribution in [0.25, 0.3) is 10.8 Å². The number of pyridine rings is 1. The van der Waals surface area contributed by atoms with Crippen molar-refractivity contribution in [1.29, 1.82) is 0 Å². The molecule has 7 nitrogen and oxygen atoms in total.